The molecular formula is C15H24N4O2. The summed E-state index contributed by atoms with van der Waals surface area (Å²) in [5.74, 6) is 0.507. The monoisotopic (exact) mass is 292 g/mol. The SMILES string of the molecule is CC1(NC(=O)OC(C)(C)C)CCN(c2ccc(N)nc2)C1. The van der Waals surface area contributed by atoms with Crippen LogP contribution in [0.1, 0.15) is 34.1 Å². The Morgan fingerprint density at radius 1 is 1.48 bits per heavy atom. The van der Waals surface area contributed by atoms with Gasteiger partial charge in [0.1, 0.15) is 11.4 Å². The van der Waals surface area contributed by atoms with Crippen molar-refractivity contribution < 1.29 is 9.53 Å². The number of hydrogen-bond acceptors (Lipinski definition) is 5. The predicted molar refractivity (Wildman–Crippen MR) is 83.3 cm³/mol. The van der Waals surface area contributed by atoms with Crippen molar-refractivity contribution in [2.24, 2.45) is 0 Å². The molecule has 1 fully saturated rings. The van der Waals surface area contributed by atoms with E-state index in [1.807, 2.05) is 33.8 Å². The molecule has 1 aromatic heterocycles. The highest BCUT2D eigenvalue weighted by atomic mass is 16.6. The van der Waals surface area contributed by atoms with Gasteiger partial charge in [-0.25, -0.2) is 9.78 Å². The van der Waals surface area contributed by atoms with Crippen LogP contribution in [0, 0.1) is 0 Å². The van der Waals surface area contributed by atoms with Crippen molar-refractivity contribution in [3.8, 4) is 0 Å². The molecule has 6 heteroatoms. The van der Waals surface area contributed by atoms with Crippen LogP contribution in [-0.2, 0) is 4.74 Å². The average Bonchev–Trinajstić information content (AvgIpc) is 2.69. The molecule has 21 heavy (non-hydrogen) atoms. The quantitative estimate of drug-likeness (QED) is 0.873. The number of carbonyl (C=O) groups is 1. The van der Waals surface area contributed by atoms with Gasteiger partial charge < -0.3 is 20.7 Å². The Kier molecular flexibility index (Phi) is 3.98. The van der Waals surface area contributed by atoms with Crippen molar-refractivity contribution in [2.45, 2.75) is 45.3 Å². The van der Waals surface area contributed by atoms with Gasteiger partial charge in [-0.15, -0.1) is 0 Å². The minimum Gasteiger partial charge on any atom is -0.444 e. The summed E-state index contributed by atoms with van der Waals surface area (Å²) in [7, 11) is 0. The van der Waals surface area contributed by atoms with E-state index in [0.29, 0.717) is 5.82 Å². The molecule has 3 N–H and O–H groups in total. The Bertz CT molecular complexity index is 509. The van der Waals surface area contributed by atoms with Crippen LogP contribution >= 0.6 is 0 Å². The van der Waals surface area contributed by atoms with E-state index >= 15 is 0 Å². The number of amides is 1. The van der Waals surface area contributed by atoms with Gasteiger partial charge in [0.05, 0.1) is 17.4 Å². The number of nitrogens with two attached hydrogens (primary N) is 1. The van der Waals surface area contributed by atoms with Crippen LogP contribution in [0.4, 0.5) is 16.3 Å². The van der Waals surface area contributed by atoms with Crippen molar-refractivity contribution in [3.05, 3.63) is 18.3 Å². The first-order valence-electron chi connectivity index (χ1n) is 7.15. The van der Waals surface area contributed by atoms with Gasteiger partial charge in [0.15, 0.2) is 0 Å². The second kappa shape index (κ2) is 5.42. The Labute approximate surface area is 125 Å². The Morgan fingerprint density at radius 3 is 2.76 bits per heavy atom. The van der Waals surface area contributed by atoms with Crippen molar-refractivity contribution in [2.75, 3.05) is 23.7 Å². The number of hydrogen-bond donors (Lipinski definition) is 2. The summed E-state index contributed by atoms with van der Waals surface area (Å²) in [5.41, 5.74) is 5.82. The van der Waals surface area contributed by atoms with Gasteiger partial charge in [-0.2, -0.15) is 0 Å². The van der Waals surface area contributed by atoms with E-state index in [2.05, 4.69) is 15.2 Å². The molecule has 1 aromatic rings. The van der Waals surface area contributed by atoms with Crippen molar-refractivity contribution >= 4 is 17.6 Å². The van der Waals surface area contributed by atoms with Gasteiger partial charge in [0.2, 0.25) is 0 Å². The van der Waals surface area contributed by atoms with E-state index in [9.17, 15) is 4.79 Å². The van der Waals surface area contributed by atoms with E-state index in [-0.39, 0.29) is 11.6 Å². The maximum Gasteiger partial charge on any atom is 0.408 e. The largest absolute Gasteiger partial charge is 0.444 e. The molecule has 0 saturated carbocycles. The fourth-order valence-corrected chi connectivity index (χ4v) is 2.42. The molecule has 0 radical (unpaired) electrons. The van der Waals surface area contributed by atoms with Crippen LogP contribution < -0.4 is 16.0 Å². The van der Waals surface area contributed by atoms with Crippen LogP contribution in [0.2, 0.25) is 0 Å². The number of anilines is 2. The second-order valence-electron chi connectivity index (χ2n) is 6.80. The highest BCUT2D eigenvalue weighted by molar-refractivity contribution is 5.69. The first-order chi connectivity index (χ1) is 9.67. The average molecular weight is 292 g/mol. The lowest BCUT2D eigenvalue weighted by Gasteiger charge is -2.28. The maximum atomic E-state index is 11.9. The Hall–Kier alpha value is -1.98. The van der Waals surface area contributed by atoms with Gasteiger partial charge >= 0.3 is 6.09 Å². The summed E-state index contributed by atoms with van der Waals surface area (Å²) >= 11 is 0. The van der Waals surface area contributed by atoms with Gasteiger partial charge in [-0.1, -0.05) is 0 Å². The molecule has 0 aromatic carbocycles. The molecule has 2 heterocycles. The second-order valence-corrected chi connectivity index (χ2v) is 6.80. The van der Waals surface area contributed by atoms with E-state index in [0.717, 1.165) is 25.2 Å². The lowest BCUT2D eigenvalue weighted by atomic mass is 10.0. The van der Waals surface area contributed by atoms with Gasteiger partial charge in [-0.3, -0.25) is 0 Å². The lowest BCUT2D eigenvalue weighted by Crippen LogP contribution is -2.49. The first-order valence-corrected chi connectivity index (χ1v) is 7.15. The van der Waals surface area contributed by atoms with Crippen molar-refractivity contribution in [1.29, 1.82) is 0 Å². The van der Waals surface area contributed by atoms with E-state index in [1.54, 1.807) is 12.3 Å². The summed E-state index contributed by atoms with van der Waals surface area (Å²) < 4.78 is 5.32. The zero-order chi connectivity index (χ0) is 15.7. The van der Waals surface area contributed by atoms with Crippen LogP contribution in [-0.4, -0.2) is 35.3 Å². The molecular weight excluding hydrogens is 268 g/mol. The van der Waals surface area contributed by atoms with Crippen LogP contribution in [0.3, 0.4) is 0 Å². The van der Waals surface area contributed by atoms with E-state index in [1.165, 1.54) is 0 Å². The van der Waals surface area contributed by atoms with Crippen LogP contribution in [0.25, 0.3) is 0 Å². The molecule has 0 aliphatic carbocycles. The van der Waals surface area contributed by atoms with E-state index in [4.69, 9.17) is 10.5 Å². The molecule has 1 saturated heterocycles. The summed E-state index contributed by atoms with van der Waals surface area (Å²) in [6.07, 6.45) is 2.24. The van der Waals surface area contributed by atoms with Gasteiger partial charge in [0.25, 0.3) is 0 Å². The molecule has 1 atom stereocenters. The summed E-state index contributed by atoms with van der Waals surface area (Å²) in [6, 6.07) is 3.73. The standard InChI is InChI=1S/C15H24N4O2/c1-14(2,3)21-13(20)18-15(4)7-8-19(10-15)11-5-6-12(16)17-9-11/h5-6,9H,7-8,10H2,1-4H3,(H2,16,17)(H,18,20). The molecule has 1 aliphatic rings. The van der Waals surface area contributed by atoms with Crippen LogP contribution in [0.5, 0.6) is 0 Å². The number of pyridine rings is 1. The molecule has 1 amide bonds. The fourth-order valence-electron chi connectivity index (χ4n) is 2.42. The minimum absolute atomic E-state index is 0.302. The molecule has 1 unspecified atom stereocenters. The normalized spacial score (nSPS) is 22.2. The van der Waals surface area contributed by atoms with Gasteiger partial charge in [0, 0.05) is 13.1 Å². The van der Waals surface area contributed by atoms with Crippen molar-refractivity contribution in [1.82, 2.24) is 10.3 Å². The Morgan fingerprint density at radius 2 is 2.19 bits per heavy atom. The number of nitrogen functional groups attached to an aromatic ring is 1. The zero-order valence-electron chi connectivity index (χ0n) is 13.1. The topological polar surface area (TPSA) is 80.5 Å². The summed E-state index contributed by atoms with van der Waals surface area (Å²) in [5, 5.41) is 2.97. The number of alkyl carbamates (subject to hydrolysis) is 1. The number of carbonyl (C=O) groups excluding carboxylic acids is 1. The van der Waals surface area contributed by atoms with Crippen LogP contribution in [0.15, 0.2) is 18.3 Å². The third-order valence-electron chi connectivity index (χ3n) is 3.41. The third-order valence-corrected chi connectivity index (χ3v) is 3.41. The smallest absolute Gasteiger partial charge is 0.408 e. The Balaban J connectivity index is 1.97. The highest BCUT2D eigenvalue weighted by Gasteiger charge is 2.36. The van der Waals surface area contributed by atoms with E-state index < -0.39 is 5.60 Å². The molecule has 0 bridgehead atoms. The first kappa shape index (κ1) is 15.4. The molecule has 0 spiro atoms. The number of nitrogens with one attached hydrogen (secondary N) is 1. The highest BCUT2D eigenvalue weighted by Crippen LogP contribution is 2.26. The predicted octanol–water partition coefficient (Wildman–Crippen LogP) is 2.16. The third kappa shape index (κ3) is 4.24. The number of aromatic nitrogens is 1. The molecule has 2 rings (SSSR count). The maximum absolute atomic E-state index is 11.9. The van der Waals surface area contributed by atoms with Gasteiger partial charge in [-0.05, 0) is 46.2 Å². The molecule has 1 aliphatic heterocycles. The fraction of sp³-hybridized carbons (Fsp3) is 0.600. The lowest BCUT2D eigenvalue weighted by molar-refractivity contribution is 0.0473. The number of nitrogens with zero attached hydrogens (tertiary/aromatic N) is 2. The summed E-state index contributed by atoms with van der Waals surface area (Å²) in [6.45, 7) is 9.18. The number of rotatable bonds is 2. The van der Waals surface area contributed by atoms with Crippen molar-refractivity contribution in [3.63, 3.8) is 0 Å². The molecule has 6 nitrogen and oxygen atoms in total. The minimum atomic E-state index is -0.486. The zero-order valence-corrected chi connectivity index (χ0v) is 13.1. The summed E-state index contributed by atoms with van der Waals surface area (Å²) in [4.78, 5) is 18.2. The molecule has 116 valence electrons. The number of ether oxygens (including phenoxy) is 1.